The third kappa shape index (κ3) is 2.72. The molecule has 5 heteroatoms. The van der Waals surface area contributed by atoms with Gasteiger partial charge in [-0.25, -0.2) is 4.79 Å². The number of rotatable bonds is 3. The molecular weight excluding hydrogens is 236 g/mol. The number of cyclic esters (lactones) is 1. The summed E-state index contributed by atoms with van der Waals surface area (Å²) >= 11 is 0. The molecule has 0 N–H and O–H groups in total. The third-order valence-corrected chi connectivity index (χ3v) is 2.73. The molecule has 0 aromatic heterocycles. The van der Waals surface area contributed by atoms with Crippen molar-refractivity contribution >= 4 is 11.9 Å². The van der Waals surface area contributed by atoms with E-state index in [9.17, 15) is 9.59 Å². The van der Waals surface area contributed by atoms with E-state index in [2.05, 4.69) is 0 Å². The van der Waals surface area contributed by atoms with Gasteiger partial charge >= 0.3 is 11.9 Å². The zero-order valence-corrected chi connectivity index (χ0v) is 10.4. The van der Waals surface area contributed by atoms with Crippen LogP contribution < -0.4 is 0 Å². The van der Waals surface area contributed by atoms with Gasteiger partial charge in [0, 0.05) is 6.42 Å². The van der Waals surface area contributed by atoms with Gasteiger partial charge in [-0.3, -0.25) is 4.79 Å². The second-order valence-corrected chi connectivity index (χ2v) is 4.05. The highest BCUT2D eigenvalue weighted by molar-refractivity contribution is 5.94. The Kier molecular flexibility index (Phi) is 4.02. The fourth-order valence-corrected chi connectivity index (χ4v) is 1.92. The van der Waals surface area contributed by atoms with E-state index in [0.717, 1.165) is 12.8 Å². The van der Waals surface area contributed by atoms with Crippen LogP contribution in [0, 0.1) is 0 Å². The molecule has 0 saturated carbocycles. The molecule has 1 saturated heterocycles. The summed E-state index contributed by atoms with van der Waals surface area (Å²) in [5.74, 6) is 0.0366. The first kappa shape index (κ1) is 12.7. The summed E-state index contributed by atoms with van der Waals surface area (Å²) < 4.78 is 15.5. The Morgan fingerprint density at radius 2 is 2.28 bits per heavy atom. The lowest BCUT2D eigenvalue weighted by Gasteiger charge is -2.17. The maximum Gasteiger partial charge on any atom is 0.345 e. The van der Waals surface area contributed by atoms with Crippen LogP contribution in [0.25, 0.3) is 0 Å². The number of carbonyl (C=O) groups excluding carboxylic acids is 2. The lowest BCUT2D eigenvalue weighted by atomic mass is 10.1. The average Bonchev–Trinajstić information content (AvgIpc) is 2.78. The van der Waals surface area contributed by atoms with Crippen LogP contribution in [-0.2, 0) is 23.8 Å². The van der Waals surface area contributed by atoms with Crippen molar-refractivity contribution in [2.45, 2.75) is 32.6 Å². The van der Waals surface area contributed by atoms with Crippen LogP contribution in [0.5, 0.6) is 0 Å². The minimum absolute atomic E-state index is 0.266. The molecule has 0 bridgehead atoms. The molecule has 0 atom stereocenters. The van der Waals surface area contributed by atoms with Gasteiger partial charge < -0.3 is 14.2 Å². The Morgan fingerprint density at radius 1 is 1.44 bits per heavy atom. The maximum atomic E-state index is 11.9. The molecule has 2 aliphatic heterocycles. The molecular formula is C13H16O5. The highest BCUT2D eigenvalue weighted by atomic mass is 16.6. The van der Waals surface area contributed by atoms with Gasteiger partial charge in [0.1, 0.15) is 17.1 Å². The van der Waals surface area contributed by atoms with Crippen LogP contribution in [0.15, 0.2) is 23.2 Å². The van der Waals surface area contributed by atoms with Crippen molar-refractivity contribution in [2.75, 3.05) is 13.2 Å². The predicted molar refractivity (Wildman–Crippen MR) is 62.3 cm³/mol. The van der Waals surface area contributed by atoms with E-state index in [-0.39, 0.29) is 18.1 Å². The fraction of sp³-hybridized carbons (Fsp3) is 0.538. The smallest absolute Gasteiger partial charge is 0.345 e. The molecule has 1 fully saturated rings. The van der Waals surface area contributed by atoms with Crippen molar-refractivity contribution in [3.8, 4) is 0 Å². The van der Waals surface area contributed by atoms with E-state index < -0.39 is 5.97 Å². The van der Waals surface area contributed by atoms with Crippen molar-refractivity contribution in [3.63, 3.8) is 0 Å². The van der Waals surface area contributed by atoms with Crippen LogP contribution in [0.4, 0.5) is 0 Å². The van der Waals surface area contributed by atoms with Crippen LogP contribution in [0.1, 0.15) is 32.6 Å². The standard InChI is InChI=1S/C13H16O5/c1-2-16-13(15)12(9-5-3-4-8-17-9)10-6-7-11(14)18-10/h5H,2-4,6-8H2,1H3. The molecule has 2 heterocycles. The topological polar surface area (TPSA) is 61.8 Å². The van der Waals surface area contributed by atoms with Crippen LogP contribution in [0.3, 0.4) is 0 Å². The van der Waals surface area contributed by atoms with Crippen molar-refractivity contribution in [1.29, 1.82) is 0 Å². The highest BCUT2D eigenvalue weighted by Crippen LogP contribution is 2.29. The Labute approximate surface area is 105 Å². The lowest BCUT2D eigenvalue weighted by molar-refractivity contribution is -0.139. The molecule has 2 rings (SSSR count). The van der Waals surface area contributed by atoms with E-state index in [1.54, 1.807) is 6.92 Å². The first-order chi connectivity index (χ1) is 8.72. The van der Waals surface area contributed by atoms with Crippen molar-refractivity contribution in [2.24, 2.45) is 0 Å². The maximum absolute atomic E-state index is 11.9. The van der Waals surface area contributed by atoms with Gasteiger partial charge in [-0.05, 0) is 25.8 Å². The number of hydrogen-bond acceptors (Lipinski definition) is 5. The SMILES string of the molecule is CCOC(=O)C(C1=CCCCO1)=C1CCC(=O)O1. The molecule has 98 valence electrons. The van der Waals surface area contributed by atoms with Crippen molar-refractivity contribution in [3.05, 3.63) is 23.2 Å². The summed E-state index contributed by atoms with van der Waals surface area (Å²) in [4.78, 5) is 23.1. The quantitative estimate of drug-likeness (QED) is 0.566. The molecule has 0 aromatic carbocycles. The average molecular weight is 252 g/mol. The Morgan fingerprint density at radius 3 is 2.83 bits per heavy atom. The molecule has 5 nitrogen and oxygen atoms in total. The van der Waals surface area contributed by atoms with E-state index in [0.29, 0.717) is 31.0 Å². The van der Waals surface area contributed by atoms with E-state index >= 15 is 0 Å². The molecule has 18 heavy (non-hydrogen) atoms. The van der Waals surface area contributed by atoms with Crippen LogP contribution >= 0.6 is 0 Å². The van der Waals surface area contributed by atoms with E-state index in [1.807, 2.05) is 6.08 Å². The Bertz CT molecular complexity index is 419. The van der Waals surface area contributed by atoms with Crippen molar-refractivity contribution in [1.82, 2.24) is 0 Å². The van der Waals surface area contributed by atoms with Gasteiger partial charge in [0.25, 0.3) is 0 Å². The van der Waals surface area contributed by atoms with Crippen molar-refractivity contribution < 1.29 is 23.8 Å². The molecule has 0 radical (unpaired) electrons. The summed E-state index contributed by atoms with van der Waals surface area (Å²) in [6.07, 6.45) is 4.34. The second kappa shape index (κ2) is 5.71. The lowest BCUT2D eigenvalue weighted by Crippen LogP contribution is -2.16. The number of hydrogen-bond donors (Lipinski definition) is 0. The summed E-state index contributed by atoms with van der Waals surface area (Å²) in [5, 5.41) is 0. The molecule has 2 aliphatic rings. The summed E-state index contributed by atoms with van der Waals surface area (Å²) in [6, 6.07) is 0. The van der Waals surface area contributed by atoms with Gasteiger partial charge in [0.2, 0.25) is 0 Å². The highest BCUT2D eigenvalue weighted by Gasteiger charge is 2.30. The number of esters is 2. The summed E-state index contributed by atoms with van der Waals surface area (Å²) in [7, 11) is 0. The zero-order chi connectivity index (χ0) is 13.0. The number of allylic oxidation sites excluding steroid dienone is 2. The van der Waals surface area contributed by atoms with Gasteiger partial charge in [-0.15, -0.1) is 0 Å². The minimum atomic E-state index is -0.490. The Balaban J connectivity index is 2.31. The largest absolute Gasteiger partial charge is 0.493 e. The van der Waals surface area contributed by atoms with Gasteiger partial charge in [0.15, 0.2) is 0 Å². The van der Waals surface area contributed by atoms with E-state index in [4.69, 9.17) is 14.2 Å². The number of carbonyl (C=O) groups is 2. The fourth-order valence-electron chi connectivity index (χ4n) is 1.92. The monoisotopic (exact) mass is 252 g/mol. The minimum Gasteiger partial charge on any atom is -0.493 e. The first-order valence-corrected chi connectivity index (χ1v) is 6.16. The van der Waals surface area contributed by atoms with E-state index in [1.165, 1.54) is 0 Å². The second-order valence-electron chi connectivity index (χ2n) is 4.05. The molecule has 0 amide bonds. The van der Waals surface area contributed by atoms with Gasteiger partial charge in [-0.1, -0.05) is 0 Å². The zero-order valence-electron chi connectivity index (χ0n) is 10.4. The molecule has 0 unspecified atom stereocenters. The number of ether oxygens (including phenoxy) is 3. The first-order valence-electron chi connectivity index (χ1n) is 6.16. The molecule has 0 aliphatic carbocycles. The third-order valence-electron chi connectivity index (χ3n) is 2.73. The van der Waals surface area contributed by atoms with Gasteiger partial charge in [-0.2, -0.15) is 0 Å². The normalized spacial score (nSPS) is 21.8. The summed E-state index contributed by atoms with van der Waals surface area (Å²) in [6.45, 7) is 2.57. The summed E-state index contributed by atoms with van der Waals surface area (Å²) in [5.41, 5.74) is 0.266. The van der Waals surface area contributed by atoms with Crippen LogP contribution in [0.2, 0.25) is 0 Å². The predicted octanol–water partition coefficient (Wildman–Crippen LogP) is 1.83. The Hall–Kier alpha value is -1.78. The molecule has 0 spiro atoms. The van der Waals surface area contributed by atoms with Gasteiger partial charge in [0.05, 0.1) is 19.6 Å². The molecule has 0 aromatic rings. The van der Waals surface area contributed by atoms with Crippen LogP contribution in [-0.4, -0.2) is 25.2 Å².